The fourth-order valence-electron chi connectivity index (χ4n) is 5.61. The normalized spacial score (nSPS) is 41.2. The quantitative estimate of drug-likeness (QED) is 0.142. The van der Waals surface area contributed by atoms with E-state index < -0.39 is 24.6 Å². The number of halogens is 3. The van der Waals surface area contributed by atoms with Crippen LogP contribution in [-0.2, 0) is 9.47 Å². The number of hydrogen-bond donors (Lipinski definition) is 0. The van der Waals surface area contributed by atoms with E-state index in [1.807, 2.05) is 0 Å². The first-order valence-electron chi connectivity index (χ1n) is 11.8. The summed E-state index contributed by atoms with van der Waals surface area (Å²) < 4.78 is 41.6. The van der Waals surface area contributed by atoms with Gasteiger partial charge >= 0.3 is 0 Å². The molecule has 3 aliphatic carbocycles. The standard InChI is InChI=1S/C24H39F2IO2/c1-2-3-14-28-21-12-13-22(24(26)23(21)25)29-16-18-6-10-20(11-7-18)19-8-4-17(15-27)5-9-19/h2,17-24H,1,3-16H2/t17?,18?,19?,20?,21?,22-,23?,24?/m0/s1. The Balaban J connectivity index is 1.34. The van der Waals surface area contributed by atoms with Crippen molar-refractivity contribution in [3.8, 4) is 0 Å². The van der Waals surface area contributed by atoms with E-state index in [1.54, 1.807) is 6.08 Å². The molecular weight excluding hydrogens is 485 g/mol. The van der Waals surface area contributed by atoms with Crippen LogP contribution in [0.2, 0.25) is 0 Å². The molecule has 2 nitrogen and oxygen atoms in total. The summed E-state index contributed by atoms with van der Waals surface area (Å²) in [6, 6.07) is 0. The van der Waals surface area contributed by atoms with Gasteiger partial charge in [-0.25, -0.2) is 8.78 Å². The van der Waals surface area contributed by atoms with Gasteiger partial charge in [-0.15, -0.1) is 6.58 Å². The molecule has 0 aromatic rings. The predicted molar refractivity (Wildman–Crippen MR) is 123 cm³/mol. The Kier molecular flexibility index (Phi) is 10.2. The molecule has 0 aliphatic heterocycles. The molecule has 0 spiro atoms. The minimum Gasteiger partial charge on any atom is -0.375 e. The van der Waals surface area contributed by atoms with Crippen molar-refractivity contribution in [2.45, 2.75) is 95.2 Å². The smallest absolute Gasteiger partial charge is 0.160 e. The largest absolute Gasteiger partial charge is 0.375 e. The van der Waals surface area contributed by atoms with Gasteiger partial charge in [-0.2, -0.15) is 0 Å². The van der Waals surface area contributed by atoms with Crippen molar-refractivity contribution >= 4 is 22.6 Å². The van der Waals surface area contributed by atoms with Crippen molar-refractivity contribution in [1.82, 2.24) is 0 Å². The Morgan fingerprint density at radius 2 is 1.28 bits per heavy atom. The van der Waals surface area contributed by atoms with E-state index in [4.69, 9.17) is 9.47 Å². The summed E-state index contributed by atoms with van der Waals surface area (Å²) in [7, 11) is 0. The lowest BCUT2D eigenvalue weighted by Crippen LogP contribution is -2.47. The molecule has 5 heteroatoms. The maximum Gasteiger partial charge on any atom is 0.160 e. The summed E-state index contributed by atoms with van der Waals surface area (Å²) in [6.45, 7) is 4.63. The highest BCUT2D eigenvalue weighted by Crippen LogP contribution is 2.42. The fourth-order valence-corrected chi connectivity index (χ4v) is 6.49. The zero-order valence-corrected chi connectivity index (χ0v) is 19.9. The van der Waals surface area contributed by atoms with Gasteiger partial charge in [0.25, 0.3) is 0 Å². The first-order chi connectivity index (χ1) is 14.1. The van der Waals surface area contributed by atoms with Crippen LogP contribution in [0.1, 0.15) is 70.6 Å². The van der Waals surface area contributed by atoms with Crippen LogP contribution in [0.25, 0.3) is 0 Å². The zero-order valence-electron chi connectivity index (χ0n) is 17.8. The summed E-state index contributed by atoms with van der Waals surface area (Å²) in [5, 5.41) is 0. The fraction of sp³-hybridized carbons (Fsp3) is 0.917. The molecule has 0 aromatic heterocycles. The minimum absolute atomic E-state index is 0.412. The maximum absolute atomic E-state index is 14.5. The topological polar surface area (TPSA) is 18.5 Å². The minimum atomic E-state index is -1.58. The van der Waals surface area contributed by atoms with Crippen molar-refractivity contribution in [1.29, 1.82) is 0 Å². The first kappa shape index (κ1) is 23.9. The van der Waals surface area contributed by atoms with Gasteiger partial charge in [-0.05, 0) is 94.3 Å². The third-order valence-corrected chi connectivity index (χ3v) is 8.86. The van der Waals surface area contributed by atoms with Crippen molar-refractivity contribution in [3.63, 3.8) is 0 Å². The highest BCUT2D eigenvalue weighted by molar-refractivity contribution is 14.1. The monoisotopic (exact) mass is 524 g/mol. The molecule has 3 saturated carbocycles. The Morgan fingerprint density at radius 3 is 1.79 bits per heavy atom. The van der Waals surface area contributed by atoms with Gasteiger partial charge in [0.2, 0.25) is 0 Å². The van der Waals surface area contributed by atoms with Crippen LogP contribution >= 0.6 is 22.6 Å². The van der Waals surface area contributed by atoms with Gasteiger partial charge in [0, 0.05) is 11.0 Å². The third-order valence-electron chi connectivity index (χ3n) is 7.62. The summed E-state index contributed by atoms with van der Waals surface area (Å²) in [6.07, 6.45) is 9.73. The molecule has 3 rings (SSSR count). The second-order valence-electron chi connectivity index (χ2n) is 9.54. The van der Waals surface area contributed by atoms with E-state index in [9.17, 15) is 8.78 Å². The molecule has 168 valence electrons. The first-order valence-corrected chi connectivity index (χ1v) is 13.3. The van der Waals surface area contributed by atoms with Gasteiger partial charge in [-0.1, -0.05) is 28.7 Å². The lowest BCUT2D eigenvalue weighted by atomic mass is 9.69. The maximum atomic E-state index is 14.5. The van der Waals surface area contributed by atoms with Gasteiger partial charge in [0.05, 0.1) is 18.8 Å². The number of rotatable bonds is 9. The molecule has 0 amide bonds. The number of ether oxygens (including phenoxy) is 2. The molecule has 4 atom stereocenters. The lowest BCUT2D eigenvalue weighted by Gasteiger charge is -2.38. The molecule has 3 fully saturated rings. The van der Waals surface area contributed by atoms with E-state index in [0.717, 1.165) is 17.8 Å². The van der Waals surface area contributed by atoms with Crippen LogP contribution in [-0.4, -0.2) is 42.2 Å². The lowest BCUT2D eigenvalue weighted by molar-refractivity contribution is -0.123. The molecule has 0 aromatic carbocycles. The number of hydrogen-bond acceptors (Lipinski definition) is 2. The van der Waals surface area contributed by atoms with Crippen molar-refractivity contribution < 1.29 is 18.3 Å². The molecule has 3 aliphatic rings. The van der Waals surface area contributed by atoms with Gasteiger partial charge in [-0.3, -0.25) is 0 Å². The highest BCUT2D eigenvalue weighted by atomic mass is 127. The molecule has 0 radical (unpaired) electrons. The van der Waals surface area contributed by atoms with Crippen LogP contribution in [0.5, 0.6) is 0 Å². The summed E-state index contributed by atoms with van der Waals surface area (Å²) in [5.74, 6) is 3.28. The van der Waals surface area contributed by atoms with Gasteiger partial charge in [0.1, 0.15) is 0 Å². The van der Waals surface area contributed by atoms with Crippen LogP contribution in [0.15, 0.2) is 12.7 Å². The van der Waals surface area contributed by atoms with Crippen LogP contribution in [0.4, 0.5) is 8.78 Å². The zero-order chi connectivity index (χ0) is 20.6. The Morgan fingerprint density at radius 1 is 0.759 bits per heavy atom. The molecule has 0 saturated heterocycles. The summed E-state index contributed by atoms with van der Waals surface area (Å²) in [5.41, 5.74) is 0. The molecule has 29 heavy (non-hydrogen) atoms. The SMILES string of the molecule is C=CCCOC1CC[C@H](OCC2CCC(C3CCC(CI)CC3)CC2)C(F)C1F. The molecule has 0 heterocycles. The van der Waals surface area contributed by atoms with E-state index in [1.165, 1.54) is 55.8 Å². The molecular formula is C24H39F2IO2. The second kappa shape index (κ2) is 12.3. The van der Waals surface area contributed by atoms with Crippen molar-refractivity contribution in [3.05, 3.63) is 12.7 Å². The Bertz CT molecular complexity index is 476. The van der Waals surface area contributed by atoms with Crippen LogP contribution < -0.4 is 0 Å². The van der Waals surface area contributed by atoms with E-state index >= 15 is 0 Å². The number of alkyl halides is 3. The van der Waals surface area contributed by atoms with Crippen LogP contribution in [0.3, 0.4) is 0 Å². The third kappa shape index (κ3) is 6.86. The van der Waals surface area contributed by atoms with Crippen molar-refractivity contribution in [2.75, 3.05) is 17.6 Å². The summed E-state index contributed by atoms with van der Waals surface area (Å²) in [4.78, 5) is 0. The molecule has 3 unspecified atom stereocenters. The van der Waals surface area contributed by atoms with Crippen molar-refractivity contribution in [2.24, 2.45) is 23.7 Å². The Labute approximate surface area is 189 Å². The van der Waals surface area contributed by atoms with Gasteiger partial charge in [0.15, 0.2) is 12.3 Å². The molecule has 0 bridgehead atoms. The summed E-state index contributed by atoms with van der Waals surface area (Å²) >= 11 is 2.53. The predicted octanol–water partition coefficient (Wildman–Crippen LogP) is 6.85. The van der Waals surface area contributed by atoms with Gasteiger partial charge < -0.3 is 9.47 Å². The molecule has 0 N–H and O–H groups in total. The Hall–Kier alpha value is 0.250. The second-order valence-corrected chi connectivity index (χ2v) is 10.4. The average molecular weight is 524 g/mol. The highest BCUT2D eigenvalue weighted by Gasteiger charge is 2.42. The van der Waals surface area contributed by atoms with E-state index in [-0.39, 0.29) is 0 Å². The average Bonchev–Trinajstić information content (AvgIpc) is 2.77. The van der Waals surface area contributed by atoms with E-state index in [2.05, 4.69) is 29.2 Å². The van der Waals surface area contributed by atoms with E-state index in [0.29, 0.717) is 38.4 Å². The van der Waals surface area contributed by atoms with Crippen LogP contribution in [0, 0.1) is 23.7 Å².